The van der Waals surface area contributed by atoms with Crippen LogP contribution < -0.4 is 5.32 Å². The molecular formula is C11H10Cl2N4O3. The molecule has 1 aliphatic heterocycles. The number of halogens is 2. The summed E-state index contributed by atoms with van der Waals surface area (Å²) in [6, 6.07) is 0.520. The molecule has 7 nitrogen and oxygen atoms in total. The number of nitrogens with zero attached hydrogens (tertiary/aromatic N) is 3. The van der Waals surface area contributed by atoms with E-state index in [9.17, 15) is 14.4 Å². The maximum absolute atomic E-state index is 12.4. The predicted molar refractivity (Wildman–Crippen MR) is 70.3 cm³/mol. The van der Waals surface area contributed by atoms with E-state index in [4.69, 9.17) is 23.2 Å². The Morgan fingerprint density at radius 3 is 2.80 bits per heavy atom. The number of carbonyl (C=O) groups is 3. The van der Waals surface area contributed by atoms with E-state index in [2.05, 4.69) is 15.5 Å². The fourth-order valence-corrected chi connectivity index (χ4v) is 2.26. The summed E-state index contributed by atoms with van der Waals surface area (Å²) in [5.41, 5.74) is 0.00705. The minimum Gasteiger partial charge on any atom is -0.317 e. The third-order valence-corrected chi connectivity index (χ3v) is 3.32. The van der Waals surface area contributed by atoms with E-state index in [-0.39, 0.29) is 22.4 Å². The molecule has 1 aliphatic rings. The molecule has 2 heterocycles. The summed E-state index contributed by atoms with van der Waals surface area (Å²) in [7, 11) is 0. The van der Waals surface area contributed by atoms with Crippen molar-refractivity contribution >= 4 is 40.9 Å². The van der Waals surface area contributed by atoms with Gasteiger partial charge < -0.3 is 4.90 Å². The number of nitrogens with one attached hydrogen (secondary N) is 1. The Hall–Kier alpha value is -1.73. The van der Waals surface area contributed by atoms with E-state index < -0.39 is 23.8 Å². The van der Waals surface area contributed by atoms with Crippen LogP contribution in [0.3, 0.4) is 0 Å². The van der Waals surface area contributed by atoms with Gasteiger partial charge in [0, 0.05) is 0 Å². The molecule has 0 aromatic carbocycles. The van der Waals surface area contributed by atoms with Crippen LogP contribution in [0.2, 0.25) is 10.3 Å². The van der Waals surface area contributed by atoms with Gasteiger partial charge in [0.1, 0.15) is 12.6 Å². The van der Waals surface area contributed by atoms with Gasteiger partial charge >= 0.3 is 0 Å². The molecule has 2 rings (SSSR count). The Morgan fingerprint density at radius 2 is 2.15 bits per heavy atom. The third kappa shape index (κ3) is 2.73. The standard InChI is InChI=1S/C11H10Cl2N4O3/c1-2-6-10(19)14-8(18)4-17(6)11(20)5-3-7(12)15-16-9(5)13/h3,6H,2,4H2,1H3,(H,14,18,19). The highest BCUT2D eigenvalue weighted by Crippen LogP contribution is 2.20. The fraction of sp³-hybridized carbons (Fsp3) is 0.364. The van der Waals surface area contributed by atoms with Crippen molar-refractivity contribution in [2.24, 2.45) is 0 Å². The minimum atomic E-state index is -0.733. The van der Waals surface area contributed by atoms with Gasteiger partial charge in [0.2, 0.25) is 11.8 Å². The quantitative estimate of drug-likeness (QED) is 0.809. The lowest BCUT2D eigenvalue weighted by Gasteiger charge is -2.33. The molecule has 1 aromatic rings. The molecule has 0 radical (unpaired) electrons. The van der Waals surface area contributed by atoms with Crippen LogP contribution in [-0.4, -0.2) is 45.4 Å². The first kappa shape index (κ1) is 14.7. The van der Waals surface area contributed by atoms with Crippen molar-refractivity contribution < 1.29 is 14.4 Å². The van der Waals surface area contributed by atoms with Gasteiger partial charge in [0.05, 0.1) is 5.56 Å². The van der Waals surface area contributed by atoms with Gasteiger partial charge in [-0.3, -0.25) is 19.7 Å². The average Bonchev–Trinajstić information content (AvgIpc) is 2.40. The number of imide groups is 1. The normalized spacial score (nSPS) is 18.9. The second-order valence-corrected chi connectivity index (χ2v) is 4.89. The van der Waals surface area contributed by atoms with E-state index in [1.165, 1.54) is 6.07 Å². The highest BCUT2D eigenvalue weighted by Gasteiger charge is 2.36. The number of rotatable bonds is 2. The van der Waals surface area contributed by atoms with Gasteiger partial charge in [-0.25, -0.2) is 0 Å². The molecule has 1 N–H and O–H groups in total. The zero-order valence-electron chi connectivity index (χ0n) is 10.4. The van der Waals surface area contributed by atoms with Crippen LogP contribution in [0.15, 0.2) is 6.07 Å². The molecule has 0 bridgehead atoms. The van der Waals surface area contributed by atoms with Crippen LogP contribution in [0.1, 0.15) is 23.7 Å². The smallest absolute Gasteiger partial charge is 0.258 e. The Morgan fingerprint density at radius 1 is 1.45 bits per heavy atom. The molecule has 20 heavy (non-hydrogen) atoms. The molecule has 1 atom stereocenters. The molecular weight excluding hydrogens is 307 g/mol. The van der Waals surface area contributed by atoms with Gasteiger partial charge in [-0.05, 0) is 12.5 Å². The lowest BCUT2D eigenvalue weighted by molar-refractivity contribution is -0.138. The van der Waals surface area contributed by atoms with Gasteiger partial charge in [0.25, 0.3) is 5.91 Å². The summed E-state index contributed by atoms with van der Waals surface area (Å²) >= 11 is 11.5. The molecule has 3 amide bonds. The number of piperazine rings is 1. The van der Waals surface area contributed by atoms with E-state index in [1.54, 1.807) is 6.92 Å². The third-order valence-electron chi connectivity index (χ3n) is 2.85. The van der Waals surface area contributed by atoms with Crippen molar-refractivity contribution in [3.63, 3.8) is 0 Å². The molecule has 1 fully saturated rings. The van der Waals surface area contributed by atoms with E-state index in [0.29, 0.717) is 6.42 Å². The Kier molecular flexibility index (Phi) is 4.20. The SMILES string of the molecule is CCC1C(=O)NC(=O)CN1C(=O)c1cc(Cl)nnc1Cl. The van der Waals surface area contributed by atoms with Gasteiger partial charge in [-0.1, -0.05) is 30.1 Å². The number of hydrogen-bond donors (Lipinski definition) is 1. The maximum Gasteiger partial charge on any atom is 0.258 e. The molecule has 1 saturated heterocycles. The summed E-state index contributed by atoms with van der Waals surface area (Å²) in [6.45, 7) is 1.51. The van der Waals surface area contributed by atoms with Crippen LogP contribution in [0.4, 0.5) is 0 Å². The average molecular weight is 317 g/mol. The second-order valence-electron chi connectivity index (χ2n) is 4.14. The maximum atomic E-state index is 12.4. The summed E-state index contributed by atoms with van der Waals surface area (Å²) in [5.74, 6) is -1.64. The van der Waals surface area contributed by atoms with Crippen molar-refractivity contribution in [1.29, 1.82) is 0 Å². The Balaban J connectivity index is 2.37. The van der Waals surface area contributed by atoms with E-state index >= 15 is 0 Å². The Bertz CT molecular complexity index is 593. The molecule has 0 spiro atoms. The van der Waals surface area contributed by atoms with Crippen LogP contribution in [0.25, 0.3) is 0 Å². The zero-order valence-corrected chi connectivity index (χ0v) is 11.9. The number of carbonyl (C=O) groups excluding carboxylic acids is 3. The lowest BCUT2D eigenvalue weighted by Crippen LogP contribution is -2.59. The Labute approximate surface area is 124 Å². The summed E-state index contributed by atoms with van der Waals surface area (Å²) in [4.78, 5) is 36.7. The first-order valence-electron chi connectivity index (χ1n) is 5.77. The molecule has 9 heteroatoms. The minimum absolute atomic E-state index is 0.00131. The van der Waals surface area contributed by atoms with Gasteiger partial charge in [0.15, 0.2) is 10.3 Å². The first-order valence-corrected chi connectivity index (χ1v) is 6.53. The van der Waals surface area contributed by atoms with Gasteiger partial charge in [-0.2, -0.15) is 0 Å². The summed E-state index contributed by atoms with van der Waals surface area (Å²) in [5, 5.41) is 9.09. The summed E-state index contributed by atoms with van der Waals surface area (Å²) < 4.78 is 0. The van der Waals surface area contributed by atoms with Crippen molar-refractivity contribution in [2.75, 3.05) is 6.54 Å². The van der Waals surface area contributed by atoms with Crippen LogP contribution in [0, 0.1) is 0 Å². The van der Waals surface area contributed by atoms with Crippen LogP contribution in [-0.2, 0) is 9.59 Å². The monoisotopic (exact) mass is 316 g/mol. The van der Waals surface area contributed by atoms with Crippen LogP contribution >= 0.6 is 23.2 Å². The molecule has 106 valence electrons. The van der Waals surface area contributed by atoms with E-state index in [1.807, 2.05) is 0 Å². The van der Waals surface area contributed by atoms with E-state index in [0.717, 1.165) is 4.90 Å². The first-order chi connectivity index (χ1) is 9.43. The largest absolute Gasteiger partial charge is 0.317 e. The zero-order chi connectivity index (χ0) is 14.9. The molecule has 1 aromatic heterocycles. The van der Waals surface area contributed by atoms with Crippen molar-refractivity contribution in [1.82, 2.24) is 20.4 Å². The highest BCUT2D eigenvalue weighted by atomic mass is 35.5. The lowest BCUT2D eigenvalue weighted by atomic mass is 10.1. The molecule has 0 saturated carbocycles. The summed E-state index contributed by atoms with van der Waals surface area (Å²) in [6.07, 6.45) is 0.370. The van der Waals surface area contributed by atoms with Crippen LogP contribution in [0.5, 0.6) is 0 Å². The fourth-order valence-electron chi connectivity index (χ4n) is 1.94. The topological polar surface area (TPSA) is 92.3 Å². The van der Waals surface area contributed by atoms with Crippen molar-refractivity contribution in [3.8, 4) is 0 Å². The van der Waals surface area contributed by atoms with Crippen molar-refractivity contribution in [3.05, 3.63) is 21.9 Å². The predicted octanol–water partition coefficient (Wildman–Crippen LogP) is 0.661. The molecule has 0 aliphatic carbocycles. The molecule has 1 unspecified atom stereocenters. The second kappa shape index (κ2) is 5.72. The van der Waals surface area contributed by atoms with Gasteiger partial charge in [-0.15, -0.1) is 10.2 Å². The number of hydrogen-bond acceptors (Lipinski definition) is 5. The number of amides is 3. The number of aromatic nitrogens is 2. The van der Waals surface area contributed by atoms with Crippen molar-refractivity contribution in [2.45, 2.75) is 19.4 Å². The highest BCUT2D eigenvalue weighted by molar-refractivity contribution is 6.34.